The third-order valence-electron chi connectivity index (χ3n) is 12.9. The number of rotatable bonds is 3. The van der Waals surface area contributed by atoms with Crippen LogP contribution in [-0.4, -0.2) is 143 Å². The van der Waals surface area contributed by atoms with Gasteiger partial charge in [-0.15, -0.1) is 0 Å². The zero-order valence-electron chi connectivity index (χ0n) is 35.9. The van der Waals surface area contributed by atoms with Gasteiger partial charge in [-0.3, -0.25) is 0 Å². The molecule has 29 heteroatoms. The number of phenolic OH excluding ortho intramolecular Hbond substituents is 28. The molecule has 0 aliphatic heterocycles. The number of fused-ring (bicyclic) bond motifs is 7. The smallest absolute Gasteiger partial charge is 0.208 e. The van der Waals surface area contributed by atoms with E-state index in [1.54, 1.807) is 0 Å². The molecule has 28 N–H and O–H groups in total. The summed E-state index contributed by atoms with van der Waals surface area (Å²) >= 11 is 0. The maximum atomic E-state index is 12.5. The molecule has 0 amide bonds. The molecule has 0 aliphatic rings. The minimum absolute atomic E-state index is 1.11. The van der Waals surface area contributed by atoms with E-state index < -0.39 is 259 Å². The average Bonchev–Trinajstić information content (AvgIpc) is 3.79. The van der Waals surface area contributed by atoms with E-state index in [-0.39, 0.29) is 0 Å². The third-order valence-corrected chi connectivity index (χ3v) is 12.9. The molecule has 0 aliphatic carbocycles. The summed E-state index contributed by atoms with van der Waals surface area (Å²) < 4.78 is 5.58. The molecule has 0 fully saturated rings. The van der Waals surface area contributed by atoms with Crippen LogP contribution in [-0.2, 0) is 0 Å². The molecular formula is C46H28O29. The Kier molecular flexibility index (Phi) is 9.01. The monoisotopic (exact) mass is 1040 g/mol. The van der Waals surface area contributed by atoms with Crippen LogP contribution in [0.15, 0.2) is 4.42 Å². The molecule has 0 spiro atoms. The Hall–Kier alpha value is -11.8. The van der Waals surface area contributed by atoms with Crippen LogP contribution in [0.2, 0.25) is 0 Å². The number of benzene rings is 9. The number of phenols is 28. The van der Waals surface area contributed by atoms with Gasteiger partial charge in [0.2, 0.25) is 74.7 Å². The van der Waals surface area contributed by atoms with Crippen molar-refractivity contribution in [3.63, 3.8) is 0 Å². The average molecular weight is 1040 g/mol. The predicted molar refractivity (Wildman–Crippen MR) is 247 cm³/mol. The Morgan fingerprint density at radius 3 is 0.720 bits per heavy atom. The maximum absolute atomic E-state index is 12.5. The van der Waals surface area contributed by atoms with Crippen molar-refractivity contribution in [3.8, 4) is 194 Å². The fourth-order valence-electron chi connectivity index (χ4n) is 9.50. The van der Waals surface area contributed by atoms with Gasteiger partial charge in [-0.2, -0.15) is 0 Å². The van der Waals surface area contributed by atoms with Crippen LogP contribution in [0.5, 0.6) is 161 Å². The van der Waals surface area contributed by atoms with Gasteiger partial charge in [0.25, 0.3) is 0 Å². The lowest BCUT2D eigenvalue weighted by Crippen LogP contribution is -1.98. The molecule has 1 heterocycles. The third kappa shape index (κ3) is 5.20. The van der Waals surface area contributed by atoms with Crippen molar-refractivity contribution in [2.24, 2.45) is 0 Å². The lowest BCUT2D eigenvalue weighted by atomic mass is 9.79. The van der Waals surface area contributed by atoms with Crippen molar-refractivity contribution < 1.29 is 147 Å². The number of hydrogen-bond acceptors (Lipinski definition) is 29. The van der Waals surface area contributed by atoms with Gasteiger partial charge in [0, 0.05) is 54.6 Å². The van der Waals surface area contributed by atoms with E-state index in [1.807, 2.05) is 0 Å². The largest absolute Gasteiger partial charge is 0.506 e. The highest BCUT2D eigenvalue weighted by Crippen LogP contribution is 2.70. The van der Waals surface area contributed by atoms with Crippen LogP contribution in [0.1, 0.15) is 0 Å². The molecule has 10 rings (SSSR count). The molecule has 10 aromatic rings. The van der Waals surface area contributed by atoms with E-state index in [4.69, 9.17) is 4.42 Å². The van der Waals surface area contributed by atoms with Crippen LogP contribution in [0.4, 0.5) is 0 Å². The van der Waals surface area contributed by atoms with E-state index in [0.717, 1.165) is 0 Å². The lowest BCUT2D eigenvalue weighted by Gasteiger charge is -2.26. The number of hydrogen-bond donors (Lipinski definition) is 28. The molecule has 75 heavy (non-hydrogen) atoms. The molecule has 29 nitrogen and oxygen atoms in total. The zero-order valence-corrected chi connectivity index (χ0v) is 35.9. The summed E-state index contributed by atoms with van der Waals surface area (Å²) in [6.45, 7) is 0. The topological polar surface area (TPSA) is 580 Å². The van der Waals surface area contributed by atoms with Gasteiger partial charge < -0.3 is 147 Å². The molecule has 0 saturated carbocycles. The molecule has 0 bridgehead atoms. The Labute approximate surface area is 406 Å². The molecule has 0 saturated heterocycles. The second kappa shape index (κ2) is 14.4. The second-order valence-electron chi connectivity index (χ2n) is 16.5. The molecular weight excluding hydrogens is 1020 g/mol. The van der Waals surface area contributed by atoms with Crippen LogP contribution in [0.25, 0.3) is 98.4 Å². The molecule has 386 valence electrons. The van der Waals surface area contributed by atoms with Gasteiger partial charge in [0.05, 0.1) is 32.7 Å². The highest BCUT2D eigenvalue weighted by Gasteiger charge is 2.41. The molecule has 0 unspecified atom stereocenters. The number of aromatic hydroxyl groups is 28. The summed E-state index contributed by atoms with van der Waals surface area (Å²) in [7, 11) is 0. The Morgan fingerprint density at radius 2 is 0.347 bits per heavy atom. The van der Waals surface area contributed by atoms with Crippen molar-refractivity contribution in [2.45, 2.75) is 0 Å². The van der Waals surface area contributed by atoms with E-state index in [9.17, 15) is 143 Å². The van der Waals surface area contributed by atoms with Gasteiger partial charge in [0.15, 0.2) is 80.2 Å². The van der Waals surface area contributed by atoms with Gasteiger partial charge in [0.1, 0.15) is 17.2 Å². The van der Waals surface area contributed by atoms with Crippen LogP contribution in [0, 0.1) is 0 Å². The van der Waals surface area contributed by atoms with Crippen LogP contribution < -0.4 is 0 Å². The fourth-order valence-corrected chi connectivity index (χ4v) is 9.50. The van der Waals surface area contributed by atoms with E-state index in [0.29, 0.717) is 0 Å². The maximum Gasteiger partial charge on any atom is 0.208 e. The van der Waals surface area contributed by atoms with Gasteiger partial charge in [-0.25, -0.2) is 0 Å². The molecule has 0 radical (unpaired) electrons. The first-order valence-corrected chi connectivity index (χ1v) is 20.2. The lowest BCUT2D eigenvalue weighted by molar-refractivity contribution is 0.329. The molecule has 0 atom stereocenters. The van der Waals surface area contributed by atoms with E-state index in [1.165, 1.54) is 0 Å². The van der Waals surface area contributed by atoms with Crippen LogP contribution >= 0.6 is 0 Å². The summed E-state index contributed by atoms with van der Waals surface area (Å²) in [5.41, 5.74) is -11.5. The predicted octanol–water partition coefficient (Wildman–Crippen LogP) is 4.96. The molecule has 1 aromatic heterocycles. The first kappa shape index (κ1) is 46.9. The summed E-state index contributed by atoms with van der Waals surface area (Å²) in [5, 5.41) is 302. The van der Waals surface area contributed by atoms with E-state index in [2.05, 4.69) is 0 Å². The minimum Gasteiger partial charge on any atom is -0.506 e. The van der Waals surface area contributed by atoms with Crippen molar-refractivity contribution in [2.75, 3.05) is 0 Å². The Bertz CT molecular complexity index is 4330. The second-order valence-corrected chi connectivity index (χ2v) is 16.5. The first-order valence-electron chi connectivity index (χ1n) is 20.2. The minimum atomic E-state index is -1.90. The number of furan rings is 1. The SMILES string of the molecule is Oc1c(O)c(O)c(-c2c(O)c(-c3c4c(O)c(O)c(O)c(O)c4c(-c4c(O)c(O)c(O)c5oc6c(O)c7c(O)c(O)c(O)c(O)c7c(O)c6c45)c4c(O)c(O)c(O)c(O)c34)c3c(O)c(O)c(O)c(O)c3c2O)c(O)c1O. The van der Waals surface area contributed by atoms with Crippen molar-refractivity contribution in [1.82, 2.24) is 0 Å². The quantitative estimate of drug-likeness (QED) is 0.0631. The van der Waals surface area contributed by atoms with Crippen molar-refractivity contribution in [1.29, 1.82) is 0 Å². The summed E-state index contributed by atoms with van der Waals surface area (Å²) in [6, 6.07) is 0. The molecule has 9 aromatic carbocycles. The van der Waals surface area contributed by atoms with Crippen molar-refractivity contribution in [3.05, 3.63) is 0 Å². The van der Waals surface area contributed by atoms with Gasteiger partial charge in [-0.1, -0.05) is 0 Å². The van der Waals surface area contributed by atoms with Crippen LogP contribution in [0.3, 0.4) is 0 Å². The van der Waals surface area contributed by atoms with Gasteiger partial charge >= 0.3 is 0 Å². The highest BCUT2D eigenvalue weighted by atomic mass is 16.4. The van der Waals surface area contributed by atoms with Gasteiger partial charge in [-0.05, 0) is 0 Å². The first-order chi connectivity index (χ1) is 35.0. The van der Waals surface area contributed by atoms with E-state index >= 15 is 0 Å². The fraction of sp³-hybridized carbons (Fsp3) is 0. The summed E-state index contributed by atoms with van der Waals surface area (Å²) in [4.78, 5) is 0. The summed E-state index contributed by atoms with van der Waals surface area (Å²) in [6.07, 6.45) is 0. The van der Waals surface area contributed by atoms with Crippen molar-refractivity contribution >= 4 is 65.0 Å². The Morgan fingerprint density at radius 1 is 0.120 bits per heavy atom. The highest BCUT2D eigenvalue weighted by molar-refractivity contribution is 6.36. The normalized spacial score (nSPS) is 11.9. The summed E-state index contributed by atoms with van der Waals surface area (Å²) in [5.74, 6) is -48.1. The zero-order chi connectivity index (χ0) is 55.3. The Balaban J connectivity index is 1.60. The standard InChI is InChI=1S/C46H28O29/c47-17-3(9-11(26(56)37(67)36(66)25(9)55)18(48)12(17)14-28(58)40(70)43(73)41(71)29(14)59)1-4-6(22(52)34(64)32(62)20(4)50)2(7-5(1)21(51)33(63)35(65)23(7)53)8-10-16-19(49)13-15(30(60)39(69)38(68)27(13)57)31(61)46(16)75-45(10)44(74)42(72)24(8)54/h47-74H.